The average Bonchev–Trinajstić information content (AvgIpc) is 3.78. The molecule has 44 heavy (non-hydrogen) atoms. The smallest absolute Gasteiger partial charge is 0.214 e. The van der Waals surface area contributed by atoms with Gasteiger partial charge in [-0.05, 0) is 60.4 Å². The van der Waals surface area contributed by atoms with Crippen molar-refractivity contribution in [2.45, 2.75) is 37.8 Å². The Kier molecular flexibility index (Phi) is 7.85. The van der Waals surface area contributed by atoms with Crippen molar-refractivity contribution in [1.82, 2.24) is 14.5 Å². The lowest BCUT2D eigenvalue weighted by Crippen LogP contribution is -2.11. The number of fused-ring (bicyclic) bond motifs is 1. The fourth-order valence-electron chi connectivity index (χ4n) is 5.47. The molecule has 1 aliphatic rings. The molecule has 9 heteroatoms. The molecule has 1 fully saturated rings. The van der Waals surface area contributed by atoms with Crippen LogP contribution in [0.25, 0.3) is 22.3 Å². The van der Waals surface area contributed by atoms with E-state index in [2.05, 4.69) is 11.6 Å². The number of ether oxygens (including phenoxy) is 2. The van der Waals surface area contributed by atoms with E-state index in [4.69, 9.17) is 19.7 Å². The lowest BCUT2D eigenvalue weighted by molar-refractivity contribution is 0.187. The summed E-state index contributed by atoms with van der Waals surface area (Å²) in [6.45, 7) is 4.73. The Morgan fingerprint density at radius 3 is 2.52 bits per heavy atom. The quantitative estimate of drug-likeness (QED) is 0.164. The van der Waals surface area contributed by atoms with Crippen LogP contribution in [0.4, 0.5) is 8.78 Å². The molecule has 1 aliphatic carbocycles. The Morgan fingerprint density at radius 1 is 1.02 bits per heavy atom. The van der Waals surface area contributed by atoms with Crippen LogP contribution in [0.1, 0.15) is 40.9 Å². The van der Waals surface area contributed by atoms with Crippen molar-refractivity contribution in [3.05, 3.63) is 125 Å². The minimum atomic E-state index is -0.531. The number of methoxy groups -OCH3 is 1. The molecule has 1 saturated carbocycles. The molecule has 222 valence electrons. The number of hydrogen-bond donors (Lipinski definition) is 1. The Bertz CT molecular complexity index is 1920. The van der Waals surface area contributed by atoms with Crippen molar-refractivity contribution in [2.75, 3.05) is 13.7 Å². The Morgan fingerprint density at radius 2 is 1.82 bits per heavy atom. The zero-order chi connectivity index (χ0) is 30.8. The van der Waals surface area contributed by atoms with Crippen LogP contribution in [0.15, 0.2) is 85.1 Å². The summed E-state index contributed by atoms with van der Waals surface area (Å²) in [6, 6.07) is 22.2. The van der Waals surface area contributed by atoms with E-state index in [1.54, 1.807) is 37.4 Å². The predicted octanol–water partition coefficient (Wildman–Crippen LogP) is 7.17. The van der Waals surface area contributed by atoms with Gasteiger partial charge < -0.3 is 19.1 Å². The zero-order valence-corrected chi connectivity index (χ0v) is 24.2. The van der Waals surface area contributed by atoms with Gasteiger partial charge in [0.15, 0.2) is 0 Å². The number of hydrogen-bond acceptors (Lipinski definition) is 6. The molecular formula is C35H30F2N4O3. The third kappa shape index (κ3) is 5.64. The summed E-state index contributed by atoms with van der Waals surface area (Å²) in [5.74, 6) is 0.220. The van der Waals surface area contributed by atoms with Crippen molar-refractivity contribution in [3.8, 4) is 23.2 Å². The molecule has 0 spiro atoms. The molecule has 2 heterocycles. The second-order valence-corrected chi connectivity index (χ2v) is 11.0. The van der Waals surface area contributed by atoms with Gasteiger partial charge in [0.05, 0.1) is 46.1 Å². The number of allylic oxidation sites excluding steroid dienone is 1. The molecule has 2 aromatic heterocycles. The molecule has 0 amide bonds. The Balaban J connectivity index is 1.23. The number of benzene rings is 3. The monoisotopic (exact) mass is 592 g/mol. The Hall–Kier alpha value is -5.07. The summed E-state index contributed by atoms with van der Waals surface area (Å²) in [4.78, 5) is 9.31. The predicted molar refractivity (Wildman–Crippen MR) is 162 cm³/mol. The fourth-order valence-corrected chi connectivity index (χ4v) is 5.47. The highest BCUT2D eigenvalue weighted by Gasteiger charge is 2.47. The van der Waals surface area contributed by atoms with E-state index < -0.39 is 17.0 Å². The van der Waals surface area contributed by atoms with Crippen LogP contribution in [0.2, 0.25) is 0 Å². The highest BCUT2D eigenvalue weighted by atomic mass is 19.1. The lowest BCUT2D eigenvalue weighted by atomic mass is 9.94. The number of nitrogens with zero attached hydrogens (tertiary/aromatic N) is 4. The van der Waals surface area contributed by atoms with Gasteiger partial charge in [-0.25, -0.2) is 18.7 Å². The molecule has 7 nitrogen and oxygen atoms in total. The van der Waals surface area contributed by atoms with E-state index in [9.17, 15) is 9.50 Å². The number of imidazole rings is 1. The highest BCUT2D eigenvalue weighted by Crippen LogP contribution is 2.52. The summed E-state index contributed by atoms with van der Waals surface area (Å²) in [5, 5.41) is 19.1. The van der Waals surface area contributed by atoms with Crippen LogP contribution in [-0.2, 0) is 29.7 Å². The van der Waals surface area contributed by atoms with Crippen LogP contribution in [0.3, 0.4) is 0 Å². The van der Waals surface area contributed by atoms with E-state index in [0.717, 1.165) is 35.5 Å². The van der Waals surface area contributed by atoms with E-state index >= 15 is 4.39 Å². The summed E-state index contributed by atoms with van der Waals surface area (Å²) < 4.78 is 42.9. The summed E-state index contributed by atoms with van der Waals surface area (Å²) in [6.07, 6.45) is 1.97. The van der Waals surface area contributed by atoms with E-state index in [-0.39, 0.29) is 30.2 Å². The van der Waals surface area contributed by atoms with Gasteiger partial charge in [-0.3, -0.25) is 0 Å². The number of halogens is 2. The van der Waals surface area contributed by atoms with Crippen LogP contribution < -0.4 is 4.74 Å². The SMILES string of the molecule is C=C(O)C1(c2ccc3nc(Cc4ccc(-c5cccc(OCc6ccc(C#N)cc6F)n5)cc4F)n(CCOC)c3c2)CC1. The van der Waals surface area contributed by atoms with Crippen molar-refractivity contribution in [2.24, 2.45) is 0 Å². The van der Waals surface area contributed by atoms with E-state index in [1.165, 1.54) is 18.2 Å². The number of pyridine rings is 1. The van der Waals surface area contributed by atoms with Gasteiger partial charge in [0.2, 0.25) is 5.88 Å². The minimum Gasteiger partial charge on any atom is -0.512 e. The first kappa shape index (κ1) is 29.0. The topological polar surface area (TPSA) is 93.2 Å². The molecule has 0 unspecified atom stereocenters. The first-order chi connectivity index (χ1) is 21.3. The van der Waals surface area contributed by atoms with Gasteiger partial charge in [0, 0.05) is 37.3 Å². The number of aromatic nitrogens is 3. The van der Waals surface area contributed by atoms with Gasteiger partial charge in [0.25, 0.3) is 0 Å². The van der Waals surface area contributed by atoms with Crippen molar-refractivity contribution in [3.63, 3.8) is 0 Å². The lowest BCUT2D eigenvalue weighted by Gasteiger charge is -2.15. The molecular weight excluding hydrogens is 562 g/mol. The second-order valence-electron chi connectivity index (χ2n) is 11.0. The van der Waals surface area contributed by atoms with Crippen LogP contribution >= 0.6 is 0 Å². The normalized spacial score (nSPS) is 13.5. The van der Waals surface area contributed by atoms with Gasteiger partial charge in [0.1, 0.15) is 24.1 Å². The maximum Gasteiger partial charge on any atom is 0.214 e. The second kappa shape index (κ2) is 11.9. The number of nitriles is 1. The van der Waals surface area contributed by atoms with Gasteiger partial charge in [-0.2, -0.15) is 5.26 Å². The van der Waals surface area contributed by atoms with Gasteiger partial charge >= 0.3 is 0 Å². The zero-order valence-electron chi connectivity index (χ0n) is 24.2. The summed E-state index contributed by atoms with van der Waals surface area (Å²) >= 11 is 0. The van der Waals surface area contributed by atoms with Crippen LogP contribution in [0.5, 0.6) is 5.88 Å². The molecule has 3 aromatic carbocycles. The van der Waals surface area contributed by atoms with Crippen molar-refractivity contribution >= 4 is 11.0 Å². The Labute approximate surface area is 253 Å². The van der Waals surface area contributed by atoms with Gasteiger partial charge in [-0.15, -0.1) is 0 Å². The first-order valence-electron chi connectivity index (χ1n) is 14.3. The molecule has 6 rings (SSSR count). The third-order valence-corrected chi connectivity index (χ3v) is 8.18. The van der Waals surface area contributed by atoms with Crippen LogP contribution in [-0.4, -0.2) is 33.4 Å². The molecule has 0 saturated heterocycles. The minimum absolute atomic E-state index is 0.0669. The van der Waals surface area contributed by atoms with Crippen molar-refractivity contribution in [1.29, 1.82) is 5.26 Å². The molecule has 0 aliphatic heterocycles. The molecule has 0 atom stereocenters. The standard InChI is InChI=1S/C35H30F2N4O3/c1-22(42)35(12-13-35)27-10-11-31-32(19-27)41(14-15-43-2)33(39-31)18-24-8-9-25(17-29(24)37)30-4-3-5-34(40-30)44-21-26-7-6-23(20-38)16-28(26)36/h3-11,16-17,19,42H,1,12-15,18,21H2,2H3. The highest BCUT2D eigenvalue weighted by molar-refractivity contribution is 5.78. The number of aliphatic hydroxyl groups is 1. The largest absolute Gasteiger partial charge is 0.512 e. The van der Waals surface area contributed by atoms with E-state index in [0.29, 0.717) is 41.4 Å². The molecule has 5 aromatic rings. The molecule has 0 bridgehead atoms. The van der Waals surface area contributed by atoms with Crippen LogP contribution in [0, 0.1) is 23.0 Å². The van der Waals surface area contributed by atoms with E-state index in [1.807, 2.05) is 28.8 Å². The first-order valence-corrected chi connectivity index (χ1v) is 14.3. The fraction of sp³-hybridized carbons (Fsp3) is 0.229. The average molecular weight is 593 g/mol. The molecule has 1 N–H and O–H groups in total. The summed E-state index contributed by atoms with van der Waals surface area (Å²) in [5.41, 5.74) is 4.38. The summed E-state index contributed by atoms with van der Waals surface area (Å²) in [7, 11) is 1.64. The third-order valence-electron chi connectivity index (χ3n) is 8.18. The molecule has 0 radical (unpaired) electrons. The maximum absolute atomic E-state index is 15.5. The number of rotatable bonds is 11. The number of aliphatic hydroxyl groups excluding tert-OH is 1. The van der Waals surface area contributed by atoms with Gasteiger partial charge in [-0.1, -0.05) is 36.9 Å². The van der Waals surface area contributed by atoms with Crippen molar-refractivity contribution < 1.29 is 23.4 Å². The maximum atomic E-state index is 15.5.